The fourth-order valence-electron chi connectivity index (χ4n) is 33.8. The van der Waals surface area contributed by atoms with Gasteiger partial charge in [0, 0.05) is 36.3 Å². The molecule has 17 fully saturated rings. The van der Waals surface area contributed by atoms with Gasteiger partial charge < -0.3 is 0 Å². The minimum Gasteiger partial charge on any atom is -0.295 e. The van der Waals surface area contributed by atoms with E-state index < -0.39 is 0 Å². The summed E-state index contributed by atoms with van der Waals surface area (Å²) < 4.78 is 0. The smallest absolute Gasteiger partial charge is 0.156 e. The third kappa shape index (κ3) is 12.7. The van der Waals surface area contributed by atoms with E-state index in [1.54, 1.807) is 225 Å². The summed E-state index contributed by atoms with van der Waals surface area (Å²) >= 11 is 0. The maximum absolute atomic E-state index is 3.98. The van der Waals surface area contributed by atoms with E-state index in [-0.39, 0.29) is 0 Å². The van der Waals surface area contributed by atoms with Crippen LogP contribution in [0.4, 0.5) is 0 Å². The van der Waals surface area contributed by atoms with Crippen LogP contribution in [-0.2, 0) is 0 Å². The Hall–Kier alpha value is -0.0151. The number of hydrogen-bond acceptors (Lipinski definition) is 2. The zero-order chi connectivity index (χ0) is 64.6. The molecule has 15 aliphatic carbocycles. The molecule has 0 N–H and O–H groups in total. The first-order valence-electron chi connectivity index (χ1n) is 45.6. The van der Waals surface area contributed by atoms with Crippen molar-refractivity contribution in [2.24, 2.45) is 152 Å². The minimum absolute atomic E-state index is 0.343. The molecule has 0 bridgehead atoms. The molecule has 2 heterocycles. The first-order chi connectivity index (χ1) is 46.0. The molecule has 17 aliphatic rings. The molecule has 3 heteroatoms. The van der Waals surface area contributed by atoms with Crippen LogP contribution in [0.3, 0.4) is 0 Å². The predicted molar refractivity (Wildman–Crippen MR) is 404 cm³/mol. The van der Waals surface area contributed by atoms with Gasteiger partial charge in [-0.1, -0.05) is 281 Å². The topological polar surface area (TPSA) is 6.48 Å². The van der Waals surface area contributed by atoms with Crippen LogP contribution in [0, 0.1) is 152 Å². The normalized spacial score (nSPS) is 49.0. The van der Waals surface area contributed by atoms with Crippen molar-refractivity contribution in [1.29, 1.82) is 0 Å². The Morgan fingerprint density at radius 1 is 0.221 bits per heavy atom. The molecule has 95 heavy (non-hydrogen) atoms. The second-order valence-electron chi connectivity index (χ2n) is 44.4. The highest BCUT2D eigenvalue weighted by molar-refractivity contribution is 6.65. The molecule has 15 saturated carbocycles. The SMILES string of the molecule is CC(C)(C)C1CC(C2CCCCC2)C(N2C3CCC(C4CCCCC4)CC3B3C4CCC(C5CC6CCCC7C8CCCC9CCCC(C(C5)C67)C98)CC4N(C4C(C5CCCCC5)CC(C(C)(C)C)CC4C4CCCCC4)C4CC(C(C)(C)C)CC2C34)C(C2CCCCC2)C1. The molecule has 2 saturated heterocycles. The molecule has 0 aromatic carbocycles. The van der Waals surface area contributed by atoms with E-state index in [0.717, 1.165) is 197 Å². The molecule has 0 spiro atoms. The molecule has 23 atom stereocenters. The van der Waals surface area contributed by atoms with E-state index in [4.69, 9.17) is 0 Å². The van der Waals surface area contributed by atoms with Crippen molar-refractivity contribution in [2.45, 2.75) is 424 Å². The molecule has 0 radical (unpaired) electrons. The molecule has 23 unspecified atom stereocenters. The number of nitrogens with zero attached hydrogens (tertiary/aromatic N) is 2. The standard InChI is InChI=1S/C92H155BN2/c1-90(2,3)68-52-74(59-30-17-11-18-31-59)88(75(53-68)60-32-19-12-20-33-60)94-81-47-45-64(58-28-15-10-16-29-58)50-80(81)93-79-46-44-65(67-48-66-40-27-42-72-71-41-25-38-63-39-26-43-73(85(63)71)78(49-67)86(66)72)51-82(79)95(84-57-70(92(7,8)9)56-83(94)87(84)93)89-76(61-34-21-13-22-35-61)54-69(91(4,5)6)55-77(89)62-36-23-14-24-37-62/h58-89H,10-57H2,1-9H3. The Kier molecular flexibility index (Phi) is 19.9. The van der Waals surface area contributed by atoms with Crippen molar-refractivity contribution in [3.63, 3.8) is 0 Å². The van der Waals surface area contributed by atoms with Gasteiger partial charge in [0.25, 0.3) is 0 Å². The third-order valence-corrected chi connectivity index (χ3v) is 37.7. The Morgan fingerprint density at radius 2 is 0.589 bits per heavy atom. The van der Waals surface area contributed by atoms with Crippen LogP contribution in [-0.4, -0.2) is 52.8 Å². The summed E-state index contributed by atoms with van der Waals surface area (Å²) in [5.41, 5.74) is 1.15. The van der Waals surface area contributed by atoms with Gasteiger partial charge in [0.15, 0.2) is 6.71 Å². The number of hydrogen-bond donors (Lipinski definition) is 0. The monoisotopic (exact) mass is 1300 g/mol. The van der Waals surface area contributed by atoms with Crippen LogP contribution in [0.5, 0.6) is 0 Å². The van der Waals surface area contributed by atoms with E-state index in [1.165, 1.54) is 83.5 Å². The lowest BCUT2D eigenvalue weighted by molar-refractivity contribution is -0.157. The fourth-order valence-corrected chi connectivity index (χ4v) is 33.8. The maximum atomic E-state index is 3.98. The average molecular weight is 1300 g/mol. The first kappa shape index (κ1) is 68.1. The van der Waals surface area contributed by atoms with E-state index in [0.29, 0.717) is 16.2 Å². The van der Waals surface area contributed by atoms with Crippen LogP contribution >= 0.6 is 0 Å². The Balaban J connectivity index is 0.835. The van der Waals surface area contributed by atoms with Crippen molar-refractivity contribution < 1.29 is 0 Å². The zero-order valence-corrected chi connectivity index (χ0v) is 64.4. The lowest BCUT2D eigenvalue weighted by Crippen LogP contribution is -2.77. The fraction of sp³-hybridized carbons (Fsp3) is 1.00. The lowest BCUT2D eigenvalue weighted by atomic mass is 9.17. The predicted octanol–water partition coefficient (Wildman–Crippen LogP) is 25.7. The third-order valence-electron chi connectivity index (χ3n) is 37.7. The summed E-state index contributed by atoms with van der Waals surface area (Å²) in [4.78, 5) is 7.88. The van der Waals surface area contributed by atoms with Crippen molar-refractivity contribution >= 4 is 6.71 Å². The maximum Gasteiger partial charge on any atom is 0.156 e. The van der Waals surface area contributed by atoms with Crippen molar-refractivity contribution in [2.75, 3.05) is 0 Å². The zero-order valence-electron chi connectivity index (χ0n) is 64.4. The molecule has 0 aromatic rings. The molecule has 0 amide bonds. The van der Waals surface area contributed by atoms with Crippen LogP contribution in [0.15, 0.2) is 0 Å². The van der Waals surface area contributed by atoms with Crippen molar-refractivity contribution in [1.82, 2.24) is 9.80 Å². The van der Waals surface area contributed by atoms with E-state index in [1.807, 2.05) is 0 Å². The van der Waals surface area contributed by atoms with Gasteiger partial charge in [-0.2, -0.15) is 0 Å². The molecule has 0 aromatic heterocycles. The summed E-state index contributed by atoms with van der Waals surface area (Å²) in [6.45, 7) is 26.0. The van der Waals surface area contributed by atoms with E-state index in [9.17, 15) is 0 Å². The molecular weight excluding hydrogens is 1140 g/mol. The van der Waals surface area contributed by atoms with Gasteiger partial charge in [-0.15, -0.1) is 0 Å². The second kappa shape index (κ2) is 27.8. The summed E-state index contributed by atoms with van der Waals surface area (Å²) in [6.07, 6.45) is 75.8. The van der Waals surface area contributed by atoms with Gasteiger partial charge in [0.05, 0.1) is 0 Å². The first-order valence-corrected chi connectivity index (χ1v) is 45.6. The quantitative estimate of drug-likeness (QED) is 0.224. The van der Waals surface area contributed by atoms with E-state index >= 15 is 0 Å². The van der Waals surface area contributed by atoms with Crippen molar-refractivity contribution in [3.05, 3.63) is 0 Å². The Bertz CT molecular complexity index is 2440. The Labute approximate surface area is 589 Å². The molecule has 17 rings (SSSR count). The highest BCUT2D eigenvalue weighted by atomic mass is 15.3. The van der Waals surface area contributed by atoms with Crippen LogP contribution in [0.25, 0.3) is 0 Å². The van der Waals surface area contributed by atoms with Crippen LogP contribution in [0.2, 0.25) is 17.5 Å². The molecule has 2 aliphatic heterocycles. The Morgan fingerprint density at radius 3 is 1.04 bits per heavy atom. The van der Waals surface area contributed by atoms with Crippen LogP contribution < -0.4 is 0 Å². The van der Waals surface area contributed by atoms with Gasteiger partial charge in [-0.25, -0.2) is 0 Å². The largest absolute Gasteiger partial charge is 0.295 e. The minimum atomic E-state index is 0.343. The van der Waals surface area contributed by atoms with Gasteiger partial charge in [0.1, 0.15) is 0 Å². The van der Waals surface area contributed by atoms with Crippen molar-refractivity contribution in [3.8, 4) is 0 Å². The summed E-state index contributed by atoms with van der Waals surface area (Å²) in [5.74, 6) is 25.9. The molecule has 536 valence electrons. The van der Waals surface area contributed by atoms with E-state index in [2.05, 4.69) is 72.1 Å². The lowest BCUT2D eigenvalue weighted by Gasteiger charge is -2.73. The summed E-state index contributed by atoms with van der Waals surface area (Å²) in [6, 6.07) is 5.00. The van der Waals surface area contributed by atoms with Gasteiger partial charge >= 0.3 is 0 Å². The summed E-state index contributed by atoms with van der Waals surface area (Å²) in [5, 5.41) is 0. The van der Waals surface area contributed by atoms with Gasteiger partial charge in [-0.05, 0) is 260 Å². The summed E-state index contributed by atoms with van der Waals surface area (Å²) in [7, 11) is 0. The highest BCUT2D eigenvalue weighted by Gasteiger charge is 2.70. The van der Waals surface area contributed by atoms with Crippen LogP contribution in [0.1, 0.15) is 371 Å². The van der Waals surface area contributed by atoms with Gasteiger partial charge in [-0.3, -0.25) is 9.80 Å². The number of fused-ring (bicyclic) bond motifs is 6. The second-order valence-corrected chi connectivity index (χ2v) is 44.4. The number of rotatable bonds is 8. The highest BCUT2D eigenvalue weighted by Crippen LogP contribution is 2.71. The molecule has 2 nitrogen and oxygen atoms in total. The average Bonchev–Trinajstić information content (AvgIpc) is 0.693. The molecular formula is C92H155BN2. The van der Waals surface area contributed by atoms with Gasteiger partial charge in [0.2, 0.25) is 0 Å².